The highest BCUT2D eigenvalue weighted by molar-refractivity contribution is 9.10. The van der Waals surface area contributed by atoms with Crippen molar-refractivity contribution in [1.82, 2.24) is 10.1 Å². The van der Waals surface area contributed by atoms with E-state index in [9.17, 15) is 5.11 Å². The van der Waals surface area contributed by atoms with E-state index in [1.807, 2.05) is 11.4 Å². The predicted molar refractivity (Wildman–Crippen MR) is 55.9 cm³/mol. The van der Waals surface area contributed by atoms with Crippen molar-refractivity contribution in [2.75, 3.05) is 0 Å². The van der Waals surface area contributed by atoms with Crippen molar-refractivity contribution < 1.29 is 9.63 Å². The van der Waals surface area contributed by atoms with Gasteiger partial charge in [-0.3, -0.25) is 0 Å². The normalized spacial score (nSPS) is 13.1. The zero-order valence-corrected chi connectivity index (χ0v) is 9.67. The molecule has 2 aromatic heterocycles. The average Bonchev–Trinajstić information content (AvgIpc) is 2.71. The summed E-state index contributed by atoms with van der Waals surface area (Å²) < 4.78 is 5.93. The lowest BCUT2D eigenvalue weighted by Gasteiger charge is -1.91. The smallest absolute Gasteiger partial charge is 0.269 e. The van der Waals surface area contributed by atoms with Crippen LogP contribution >= 0.6 is 27.3 Å². The topological polar surface area (TPSA) is 59.2 Å². The highest BCUT2D eigenvalue weighted by atomic mass is 79.9. The molecule has 1 N–H and O–H groups in total. The Kier molecular flexibility index (Phi) is 2.66. The summed E-state index contributed by atoms with van der Waals surface area (Å²) in [4.78, 5) is 4.94. The summed E-state index contributed by atoms with van der Waals surface area (Å²) in [5.74, 6) is 0.739. The van der Waals surface area contributed by atoms with Crippen LogP contribution in [0.2, 0.25) is 0 Å². The molecule has 2 rings (SSSR count). The van der Waals surface area contributed by atoms with Crippen molar-refractivity contribution in [1.29, 1.82) is 0 Å². The average molecular weight is 275 g/mol. The number of hydrogen-bond acceptors (Lipinski definition) is 5. The van der Waals surface area contributed by atoms with E-state index >= 15 is 0 Å². The van der Waals surface area contributed by atoms with Crippen molar-refractivity contribution in [3.05, 3.63) is 21.7 Å². The fraction of sp³-hybridized carbons (Fsp3) is 0.250. The van der Waals surface area contributed by atoms with Crippen LogP contribution < -0.4 is 0 Å². The molecule has 14 heavy (non-hydrogen) atoms. The maximum Gasteiger partial charge on any atom is 0.269 e. The number of thiophene rings is 1. The zero-order chi connectivity index (χ0) is 10.1. The van der Waals surface area contributed by atoms with E-state index in [2.05, 4.69) is 26.1 Å². The summed E-state index contributed by atoms with van der Waals surface area (Å²) in [7, 11) is 0. The van der Waals surface area contributed by atoms with Gasteiger partial charge in [0.15, 0.2) is 5.82 Å². The number of aliphatic hydroxyl groups is 1. The Labute approximate surface area is 92.7 Å². The van der Waals surface area contributed by atoms with Gasteiger partial charge in [-0.1, -0.05) is 5.16 Å². The van der Waals surface area contributed by atoms with Crippen LogP contribution in [0.15, 0.2) is 20.4 Å². The second-order valence-corrected chi connectivity index (χ2v) is 4.50. The molecular weight excluding hydrogens is 268 g/mol. The van der Waals surface area contributed by atoms with Gasteiger partial charge in [0.1, 0.15) is 11.0 Å². The lowest BCUT2D eigenvalue weighted by molar-refractivity contribution is 0.184. The monoisotopic (exact) mass is 274 g/mol. The molecule has 0 amide bonds. The van der Waals surface area contributed by atoms with Crippen LogP contribution in [0.4, 0.5) is 0 Å². The number of aromatic nitrogens is 2. The van der Waals surface area contributed by atoms with Crippen LogP contribution in [-0.4, -0.2) is 15.2 Å². The van der Waals surface area contributed by atoms with E-state index in [-0.39, 0.29) is 0 Å². The first-order valence-corrected chi connectivity index (χ1v) is 5.61. The number of halogens is 1. The Morgan fingerprint density at radius 2 is 2.43 bits per heavy atom. The summed E-state index contributed by atoms with van der Waals surface area (Å²) in [6.45, 7) is 1.60. The Bertz CT molecular complexity index is 438. The highest BCUT2D eigenvalue weighted by Gasteiger charge is 2.15. The summed E-state index contributed by atoms with van der Waals surface area (Å²) in [6.07, 6.45) is -0.703. The third kappa shape index (κ3) is 1.73. The molecule has 1 unspecified atom stereocenters. The Morgan fingerprint density at radius 3 is 2.93 bits per heavy atom. The van der Waals surface area contributed by atoms with E-state index in [4.69, 9.17) is 4.52 Å². The van der Waals surface area contributed by atoms with Crippen molar-refractivity contribution in [3.63, 3.8) is 0 Å². The van der Waals surface area contributed by atoms with Gasteiger partial charge in [0, 0.05) is 4.47 Å². The maximum atomic E-state index is 9.21. The molecule has 2 heterocycles. The molecule has 6 heteroatoms. The van der Waals surface area contributed by atoms with E-state index in [0.717, 1.165) is 9.35 Å². The Balaban J connectivity index is 2.39. The van der Waals surface area contributed by atoms with Gasteiger partial charge < -0.3 is 9.63 Å². The van der Waals surface area contributed by atoms with Crippen molar-refractivity contribution in [2.45, 2.75) is 13.0 Å². The summed E-state index contributed by atoms with van der Waals surface area (Å²) >= 11 is 4.87. The molecule has 1 atom stereocenters. The quantitative estimate of drug-likeness (QED) is 0.915. The van der Waals surface area contributed by atoms with Crippen molar-refractivity contribution >= 4 is 27.3 Å². The molecule has 0 aliphatic rings. The first kappa shape index (κ1) is 9.82. The molecule has 0 saturated carbocycles. The van der Waals surface area contributed by atoms with Gasteiger partial charge in [0.25, 0.3) is 5.89 Å². The van der Waals surface area contributed by atoms with Gasteiger partial charge in [-0.05, 0) is 34.3 Å². The van der Waals surface area contributed by atoms with Gasteiger partial charge in [-0.25, -0.2) is 0 Å². The summed E-state index contributed by atoms with van der Waals surface area (Å²) in [5.41, 5.74) is 0. The molecule has 0 aliphatic heterocycles. The van der Waals surface area contributed by atoms with Gasteiger partial charge in [0.2, 0.25) is 0 Å². The van der Waals surface area contributed by atoms with E-state index in [1.54, 1.807) is 6.92 Å². The molecule has 4 nitrogen and oxygen atoms in total. The molecular formula is C8H7BrN2O2S. The second-order valence-electron chi connectivity index (χ2n) is 2.73. The number of nitrogens with zero attached hydrogens (tertiary/aromatic N) is 2. The highest BCUT2D eigenvalue weighted by Crippen LogP contribution is 2.32. The largest absolute Gasteiger partial charge is 0.385 e. The van der Waals surface area contributed by atoms with Crippen molar-refractivity contribution in [3.8, 4) is 10.8 Å². The minimum atomic E-state index is -0.703. The van der Waals surface area contributed by atoms with E-state index < -0.39 is 6.10 Å². The van der Waals surface area contributed by atoms with Crippen molar-refractivity contribution in [2.24, 2.45) is 0 Å². The SMILES string of the molecule is CC(O)c1noc(-c2sccc2Br)n1. The van der Waals surface area contributed by atoms with E-state index in [1.165, 1.54) is 11.3 Å². The van der Waals surface area contributed by atoms with Crippen LogP contribution in [0, 0.1) is 0 Å². The molecule has 0 aromatic carbocycles. The maximum absolute atomic E-state index is 9.21. The van der Waals surface area contributed by atoms with Gasteiger partial charge in [0.05, 0.1) is 0 Å². The number of aliphatic hydroxyl groups excluding tert-OH is 1. The van der Waals surface area contributed by atoms with Gasteiger partial charge in [-0.15, -0.1) is 11.3 Å². The molecule has 0 spiro atoms. The van der Waals surface area contributed by atoms with Crippen LogP contribution in [0.5, 0.6) is 0 Å². The van der Waals surface area contributed by atoms with Gasteiger partial charge >= 0.3 is 0 Å². The first-order valence-electron chi connectivity index (χ1n) is 3.93. The lowest BCUT2D eigenvalue weighted by Crippen LogP contribution is -1.92. The van der Waals surface area contributed by atoms with Crippen LogP contribution in [-0.2, 0) is 0 Å². The molecule has 0 fully saturated rings. The fourth-order valence-electron chi connectivity index (χ4n) is 0.943. The minimum absolute atomic E-state index is 0.306. The molecule has 0 bridgehead atoms. The second kappa shape index (κ2) is 3.80. The summed E-state index contributed by atoms with van der Waals surface area (Å²) in [5, 5.41) is 14.8. The third-order valence-electron chi connectivity index (χ3n) is 1.63. The van der Waals surface area contributed by atoms with Gasteiger partial charge in [-0.2, -0.15) is 4.98 Å². The van der Waals surface area contributed by atoms with Crippen LogP contribution in [0.1, 0.15) is 18.9 Å². The minimum Gasteiger partial charge on any atom is -0.385 e. The predicted octanol–water partition coefficient (Wildman–Crippen LogP) is 2.61. The molecule has 0 saturated heterocycles. The van der Waals surface area contributed by atoms with Crippen LogP contribution in [0.3, 0.4) is 0 Å². The Morgan fingerprint density at radius 1 is 1.64 bits per heavy atom. The zero-order valence-electron chi connectivity index (χ0n) is 7.27. The first-order chi connectivity index (χ1) is 6.68. The Hall–Kier alpha value is -0.720. The van der Waals surface area contributed by atoms with E-state index in [0.29, 0.717) is 11.7 Å². The number of rotatable bonds is 2. The lowest BCUT2D eigenvalue weighted by atomic mass is 10.4. The summed E-state index contributed by atoms with van der Waals surface area (Å²) in [6, 6.07) is 1.91. The standard InChI is InChI=1S/C8H7BrN2O2S/c1-4(12)7-10-8(13-11-7)6-5(9)2-3-14-6/h2-4,12H,1H3. The molecule has 0 aliphatic carbocycles. The number of hydrogen-bond donors (Lipinski definition) is 1. The molecule has 74 valence electrons. The third-order valence-corrected chi connectivity index (χ3v) is 3.45. The molecule has 0 radical (unpaired) electrons. The fourth-order valence-corrected chi connectivity index (χ4v) is 2.40. The molecule has 2 aromatic rings. The van der Waals surface area contributed by atoms with Crippen LogP contribution in [0.25, 0.3) is 10.8 Å².